The molecule has 0 unspecified atom stereocenters. The second-order valence-electron chi connectivity index (χ2n) is 8.60. The smallest absolute Gasteiger partial charge is 0.419 e. The molecule has 4 rings (SSSR count). The molecule has 1 aliphatic rings. The van der Waals surface area contributed by atoms with Gasteiger partial charge < -0.3 is 8.92 Å². The lowest BCUT2D eigenvalue weighted by molar-refractivity contribution is 0.0547. The van der Waals surface area contributed by atoms with E-state index in [2.05, 4.69) is 4.98 Å². The molecule has 1 aromatic carbocycles. The van der Waals surface area contributed by atoms with Gasteiger partial charge in [-0.15, -0.1) is 0 Å². The van der Waals surface area contributed by atoms with Gasteiger partial charge in [0.1, 0.15) is 5.60 Å². The SMILES string of the molecule is CC(C)(C)OC(=O)n1c(-c2cncc(OS(=O)(=O)N3CCCC3)c2)cc2ccc(Cl)cc21. The van der Waals surface area contributed by atoms with Crippen molar-refractivity contribution in [3.05, 3.63) is 47.7 Å². The number of benzene rings is 1. The summed E-state index contributed by atoms with van der Waals surface area (Å²) in [5.41, 5.74) is 0.833. The number of hydrogen-bond donors (Lipinski definition) is 0. The highest BCUT2D eigenvalue weighted by molar-refractivity contribution is 7.84. The maximum absolute atomic E-state index is 13.1. The van der Waals surface area contributed by atoms with Crippen LogP contribution in [0.25, 0.3) is 22.2 Å². The van der Waals surface area contributed by atoms with Crippen LogP contribution < -0.4 is 4.18 Å². The standard InChI is InChI=1S/C22H24ClN3O5S/c1-22(2,3)30-21(27)26-19(11-15-6-7-17(23)12-20(15)26)16-10-18(14-24-13-16)31-32(28,29)25-8-4-5-9-25/h6-7,10-14H,4-5,8-9H2,1-3H3. The van der Waals surface area contributed by atoms with Crippen LogP contribution in [0.3, 0.4) is 0 Å². The summed E-state index contributed by atoms with van der Waals surface area (Å²) in [7, 11) is -3.92. The van der Waals surface area contributed by atoms with Crippen LogP contribution in [0.4, 0.5) is 4.79 Å². The minimum absolute atomic E-state index is 0.0634. The largest absolute Gasteiger partial charge is 0.443 e. The van der Waals surface area contributed by atoms with Gasteiger partial charge in [0.2, 0.25) is 0 Å². The number of nitrogens with zero attached hydrogens (tertiary/aromatic N) is 3. The molecule has 3 heterocycles. The average molecular weight is 478 g/mol. The fourth-order valence-corrected chi connectivity index (χ4v) is 4.89. The Kier molecular flexibility index (Phi) is 5.91. The molecule has 0 bridgehead atoms. The molecule has 0 spiro atoms. The minimum atomic E-state index is -3.92. The number of fused-ring (bicyclic) bond motifs is 1. The van der Waals surface area contributed by atoms with E-state index in [1.807, 2.05) is 0 Å². The van der Waals surface area contributed by atoms with Gasteiger partial charge in [0, 0.05) is 35.3 Å². The van der Waals surface area contributed by atoms with E-state index >= 15 is 0 Å². The summed E-state index contributed by atoms with van der Waals surface area (Å²) in [6, 6.07) is 8.54. The molecule has 8 nitrogen and oxygen atoms in total. The lowest BCUT2D eigenvalue weighted by Gasteiger charge is -2.21. The number of carbonyl (C=O) groups is 1. The van der Waals surface area contributed by atoms with Crippen molar-refractivity contribution in [1.82, 2.24) is 13.9 Å². The van der Waals surface area contributed by atoms with Crippen LogP contribution in [-0.2, 0) is 15.0 Å². The highest BCUT2D eigenvalue weighted by Gasteiger charge is 2.28. The van der Waals surface area contributed by atoms with Crippen molar-refractivity contribution >= 4 is 38.9 Å². The molecule has 0 radical (unpaired) electrons. The fourth-order valence-electron chi connectivity index (χ4n) is 3.58. The molecule has 3 aromatic rings. The van der Waals surface area contributed by atoms with Crippen LogP contribution in [0, 0.1) is 0 Å². The van der Waals surface area contributed by atoms with Crippen LogP contribution in [0.15, 0.2) is 42.7 Å². The number of ether oxygens (including phenoxy) is 1. The van der Waals surface area contributed by atoms with E-state index in [1.54, 1.807) is 45.0 Å². The van der Waals surface area contributed by atoms with E-state index in [4.69, 9.17) is 20.5 Å². The first-order valence-electron chi connectivity index (χ1n) is 10.2. The van der Waals surface area contributed by atoms with E-state index in [0.717, 1.165) is 18.2 Å². The Hall–Kier alpha value is -2.62. The highest BCUT2D eigenvalue weighted by atomic mass is 35.5. The number of aromatic nitrogens is 2. The number of hydrogen-bond acceptors (Lipinski definition) is 6. The van der Waals surface area contributed by atoms with E-state index in [0.29, 0.717) is 34.9 Å². The van der Waals surface area contributed by atoms with E-state index < -0.39 is 22.0 Å². The Labute approximate surface area is 192 Å². The molecule has 1 saturated heterocycles. The Bertz CT molecular complexity index is 1270. The third-order valence-electron chi connectivity index (χ3n) is 4.93. The summed E-state index contributed by atoms with van der Waals surface area (Å²) in [4.78, 5) is 17.2. The van der Waals surface area contributed by atoms with Crippen molar-refractivity contribution in [2.24, 2.45) is 0 Å². The Morgan fingerprint density at radius 3 is 2.50 bits per heavy atom. The van der Waals surface area contributed by atoms with Gasteiger partial charge in [0.25, 0.3) is 0 Å². The van der Waals surface area contributed by atoms with Crippen LogP contribution in [0.2, 0.25) is 5.02 Å². The summed E-state index contributed by atoms with van der Waals surface area (Å²) in [5.74, 6) is 0.0634. The summed E-state index contributed by atoms with van der Waals surface area (Å²) in [6.45, 7) is 6.21. The summed E-state index contributed by atoms with van der Waals surface area (Å²) in [6.07, 6.45) is 3.89. The van der Waals surface area contributed by atoms with E-state index in [9.17, 15) is 13.2 Å². The molecule has 0 atom stereocenters. The van der Waals surface area contributed by atoms with Crippen molar-refractivity contribution in [3.63, 3.8) is 0 Å². The van der Waals surface area contributed by atoms with Crippen LogP contribution >= 0.6 is 11.6 Å². The summed E-state index contributed by atoms with van der Waals surface area (Å²) >= 11 is 6.17. The molecule has 0 saturated carbocycles. The molecule has 1 aliphatic heterocycles. The second kappa shape index (κ2) is 8.38. The van der Waals surface area contributed by atoms with E-state index in [1.165, 1.54) is 27.3 Å². The molecule has 10 heteroatoms. The van der Waals surface area contributed by atoms with Gasteiger partial charge in [-0.1, -0.05) is 17.7 Å². The molecule has 32 heavy (non-hydrogen) atoms. The predicted molar refractivity (Wildman–Crippen MR) is 122 cm³/mol. The quantitative estimate of drug-likeness (QED) is 0.533. The third kappa shape index (κ3) is 4.74. The fraction of sp³-hybridized carbons (Fsp3) is 0.364. The van der Waals surface area contributed by atoms with Crippen LogP contribution in [0.1, 0.15) is 33.6 Å². The molecule has 1 fully saturated rings. The summed E-state index contributed by atoms with van der Waals surface area (Å²) < 4.78 is 38.7. The zero-order valence-electron chi connectivity index (χ0n) is 18.0. The van der Waals surface area contributed by atoms with Gasteiger partial charge in [0.15, 0.2) is 5.75 Å². The van der Waals surface area contributed by atoms with Crippen molar-refractivity contribution in [2.45, 2.75) is 39.2 Å². The lowest BCUT2D eigenvalue weighted by atomic mass is 10.2. The highest BCUT2D eigenvalue weighted by Crippen LogP contribution is 2.32. The monoisotopic (exact) mass is 477 g/mol. The summed E-state index contributed by atoms with van der Waals surface area (Å²) in [5, 5.41) is 1.24. The molecule has 0 amide bonds. The van der Waals surface area contributed by atoms with E-state index in [-0.39, 0.29) is 5.75 Å². The second-order valence-corrected chi connectivity index (χ2v) is 10.6. The molecule has 0 N–H and O–H groups in total. The Morgan fingerprint density at radius 1 is 1.09 bits per heavy atom. The first-order chi connectivity index (χ1) is 15.0. The Balaban J connectivity index is 1.77. The maximum atomic E-state index is 13.1. The molecule has 0 aliphatic carbocycles. The third-order valence-corrected chi connectivity index (χ3v) is 6.57. The normalized spacial score (nSPS) is 15.2. The molecule has 2 aromatic heterocycles. The zero-order chi connectivity index (χ0) is 23.1. The molecular formula is C22H24ClN3O5S. The van der Waals surface area contributed by atoms with Gasteiger partial charge in [-0.05, 0) is 57.9 Å². The number of halogens is 1. The zero-order valence-corrected chi connectivity index (χ0v) is 19.6. The van der Waals surface area contributed by atoms with Gasteiger partial charge in [-0.3, -0.25) is 4.98 Å². The number of rotatable bonds is 4. The first-order valence-corrected chi connectivity index (χ1v) is 12.0. The van der Waals surface area contributed by atoms with Crippen LogP contribution in [0.5, 0.6) is 5.75 Å². The van der Waals surface area contributed by atoms with Gasteiger partial charge in [0.05, 0.1) is 17.4 Å². The minimum Gasteiger partial charge on any atom is -0.443 e. The van der Waals surface area contributed by atoms with Gasteiger partial charge >= 0.3 is 16.4 Å². The predicted octanol–water partition coefficient (Wildman–Crippen LogP) is 4.86. The number of carbonyl (C=O) groups excluding carboxylic acids is 1. The van der Waals surface area contributed by atoms with Crippen molar-refractivity contribution in [2.75, 3.05) is 13.1 Å². The van der Waals surface area contributed by atoms with Crippen molar-refractivity contribution in [3.8, 4) is 17.0 Å². The lowest BCUT2D eigenvalue weighted by Crippen LogP contribution is -2.31. The van der Waals surface area contributed by atoms with Gasteiger partial charge in [-0.2, -0.15) is 12.7 Å². The van der Waals surface area contributed by atoms with Crippen LogP contribution in [-0.4, -0.2) is 47.1 Å². The first kappa shape index (κ1) is 22.6. The Morgan fingerprint density at radius 2 is 1.81 bits per heavy atom. The van der Waals surface area contributed by atoms with Gasteiger partial charge in [-0.25, -0.2) is 9.36 Å². The maximum Gasteiger partial charge on any atom is 0.419 e. The van der Waals surface area contributed by atoms with Crippen molar-refractivity contribution < 1.29 is 22.1 Å². The van der Waals surface area contributed by atoms with Crippen molar-refractivity contribution in [1.29, 1.82) is 0 Å². The average Bonchev–Trinajstić information content (AvgIpc) is 3.35. The molecular weight excluding hydrogens is 454 g/mol. The molecule has 170 valence electrons. The topological polar surface area (TPSA) is 90.7 Å². The number of pyridine rings is 1.